The van der Waals surface area contributed by atoms with Crippen LogP contribution in [-0.4, -0.2) is 96.2 Å². The summed E-state index contributed by atoms with van der Waals surface area (Å²) in [6, 6.07) is 2.10. The molecule has 1 atom stereocenters. The largest absolute Gasteiger partial charge is 0.481 e. The van der Waals surface area contributed by atoms with E-state index in [9.17, 15) is 23.1 Å². The molecule has 0 saturated carbocycles. The Kier molecular flexibility index (Phi) is 7.28. The lowest BCUT2D eigenvalue weighted by Gasteiger charge is -2.46. The minimum atomic E-state index is -4.52. The number of nitrogens with zero attached hydrogens (tertiary/aromatic N) is 5. The number of amides is 1. The summed E-state index contributed by atoms with van der Waals surface area (Å²) in [5, 5.41) is 9.83. The monoisotopic (exact) mass is 699 g/mol. The van der Waals surface area contributed by atoms with Gasteiger partial charge in [0.05, 0.1) is 4.47 Å². The van der Waals surface area contributed by atoms with Crippen LogP contribution in [0.3, 0.4) is 0 Å². The molecule has 9 nitrogen and oxygen atoms in total. The number of anilines is 1. The molecule has 4 heterocycles. The Hall–Kier alpha value is -1.81. The Balaban J connectivity index is 1.52. The van der Waals surface area contributed by atoms with Gasteiger partial charge < -0.3 is 29.3 Å². The number of carbonyl (C=O) groups is 1. The summed E-state index contributed by atoms with van der Waals surface area (Å²) in [7, 11) is 2.03. The number of benzene rings is 1. The molecule has 1 N–H and O–H groups in total. The summed E-state index contributed by atoms with van der Waals surface area (Å²) >= 11 is 5.41. The Morgan fingerprint density at radius 2 is 2.03 bits per heavy atom. The van der Waals surface area contributed by atoms with E-state index < -0.39 is 18.9 Å². The zero-order valence-corrected chi connectivity index (χ0v) is 23.8. The Morgan fingerprint density at radius 3 is 2.68 bits per heavy atom. The first-order chi connectivity index (χ1) is 17.4. The van der Waals surface area contributed by atoms with Crippen molar-refractivity contribution in [2.75, 3.05) is 57.9 Å². The molecule has 0 unspecified atom stereocenters. The van der Waals surface area contributed by atoms with Crippen molar-refractivity contribution in [2.24, 2.45) is 5.41 Å². The van der Waals surface area contributed by atoms with E-state index in [0.717, 1.165) is 25.8 Å². The highest BCUT2D eigenvalue weighted by atomic mass is 127. The number of hydrogen-bond donors (Lipinski definition) is 1. The first-order valence-corrected chi connectivity index (χ1v) is 13.8. The van der Waals surface area contributed by atoms with Gasteiger partial charge in [0.25, 0.3) is 0 Å². The molecule has 2 aromatic rings. The SMILES string of the molecule is CN1CCC[C@H]1COc1nc(N2CCC3(CN(C(=O)O)C3)C2)c2cc(I)c(Br)c(OCC(F)(F)F)c2n1. The van der Waals surface area contributed by atoms with Crippen LogP contribution in [0.25, 0.3) is 10.9 Å². The molecule has 3 aliphatic rings. The van der Waals surface area contributed by atoms with Gasteiger partial charge >= 0.3 is 18.3 Å². The van der Waals surface area contributed by atoms with Crippen molar-refractivity contribution in [2.45, 2.75) is 31.5 Å². The second kappa shape index (κ2) is 10.1. The molecule has 3 fully saturated rings. The van der Waals surface area contributed by atoms with E-state index in [1.54, 1.807) is 0 Å². The highest BCUT2D eigenvalue weighted by Gasteiger charge is 2.50. The number of alkyl halides is 3. The normalized spacial score (nSPS) is 21.6. The number of likely N-dealkylation sites (N-methyl/N-ethyl adjacent to an activating group) is 1. The number of ether oxygens (including phenoxy) is 2. The van der Waals surface area contributed by atoms with Gasteiger partial charge in [-0.2, -0.15) is 23.1 Å². The molecule has 1 amide bonds. The molecular weight excluding hydrogens is 674 g/mol. The fourth-order valence-corrected chi connectivity index (χ4v) is 6.34. The summed E-state index contributed by atoms with van der Waals surface area (Å²) in [6.07, 6.45) is -2.61. The van der Waals surface area contributed by atoms with Gasteiger partial charge in [0.2, 0.25) is 0 Å². The van der Waals surface area contributed by atoms with E-state index in [-0.39, 0.29) is 28.7 Å². The fraction of sp³-hybridized carbons (Fsp3) is 0.609. The third-order valence-electron chi connectivity index (χ3n) is 7.32. The van der Waals surface area contributed by atoms with E-state index in [2.05, 4.69) is 30.7 Å². The van der Waals surface area contributed by atoms with Crippen molar-refractivity contribution in [1.82, 2.24) is 19.8 Å². The number of rotatable bonds is 6. The van der Waals surface area contributed by atoms with Gasteiger partial charge in [0.15, 0.2) is 12.4 Å². The molecule has 1 aromatic carbocycles. The van der Waals surface area contributed by atoms with Crippen LogP contribution in [-0.2, 0) is 0 Å². The fourth-order valence-electron chi connectivity index (χ4n) is 5.37. The molecule has 0 radical (unpaired) electrons. The lowest BCUT2D eigenvalue weighted by atomic mass is 9.79. The molecule has 0 bridgehead atoms. The average Bonchev–Trinajstić information content (AvgIpc) is 3.42. The molecule has 3 saturated heterocycles. The molecule has 14 heteroatoms. The summed E-state index contributed by atoms with van der Waals surface area (Å²) in [5.41, 5.74) is 0.0690. The van der Waals surface area contributed by atoms with Crippen LogP contribution >= 0.6 is 38.5 Å². The Morgan fingerprint density at radius 1 is 1.27 bits per heavy atom. The number of fused-ring (bicyclic) bond motifs is 1. The van der Waals surface area contributed by atoms with Gasteiger partial charge in [-0.3, -0.25) is 0 Å². The minimum Gasteiger partial charge on any atom is -0.481 e. The van der Waals surface area contributed by atoms with Crippen LogP contribution in [0.1, 0.15) is 19.3 Å². The number of hydrogen-bond acceptors (Lipinski definition) is 7. The molecule has 0 aliphatic carbocycles. The number of halogens is 5. The van der Waals surface area contributed by atoms with Crippen LogP contribution in [0.15, 0.2) is 10.5 Å². The first-order valence-electron chi connectivity index (χ1n) is 11.9. The maximum Gasteiger partial charge on any atom is 0.422 e. The van der Waals surface area contributed by atoms with Crippen LogP contribution in [0.5, 0.6) is 11.8 Å². The number of carboxylic acid groups (broad SMARTS) is 1. The standard InChI is InChI=1S/C23H26BrF3IN5O4/c1-31-5-2-3-13(31)8-36-20-29-17-14(7-15(28)16(24)18(17)37-12-23(25,26)27)19(30-20)32-6-4-22(9-32)10-33(11-22)21(34)35/h7,13H,2-6,8-12H2,1H3,(H,34,35)/t13-/m0/s1. The Labute approximate surface area is 233 Å². The van der Waals surface area contributed by atoms with Gasteiger partial charge in [0.1, 0.15) is 17.9 Å². The second-order valence-corrected chi connectivity index (χ2v) is 12.0. The van der Waals surface area contributed by atoms with Crippen molar-refractivity contribution >= 4 is 61.3 Å². The van der Waals surface area contributed by atoms with Gasteiger partial charge in [-0.1, -0.05) is 0 Å². The van der Waals surface area contributed by atoms with Crippen molar-refractivity contribution in [1.29, 1.82) is 0 Å². The van der Waals surface area contributed by atoms with Crippen LogP contribution < -0.4 is 14.4 Å². The smallest absolute Gasteiger partial charge is 0.422 e. The molecule has 202 valence electrons. The van der Waals surface area contributed by atoms with Crippen molar-refractivity contribution in [3.05, 3.63) is 14.1 Å². The molecule has 1 aromatic heterocycles. The Bertz CT molecular complexity index is 1210. The van der Waals surface area contributed by atoms with Gasteiger partial charge in [-0.05, 0) is 77.4 Å². The second-order valence-electron chi connectivity index (χ2n) is 10.0. The maximum atomic E-state index is 13.1. The van der Waals surface area contributed by atoms with E-state index in [0.29, 0.717) is 52.0 Å². The molecule has 37 heavy (non-hydrogen) atoms. The minimum absolute atomic E-state index is 0.0136. The van der Waals surface area contributed by atoms with Crippen molar-refractivity contribution < 1.29 is 32.5 Å². The van der Waals surface area contributed by atoms with E-state index in [1.807, 2.05) is 35.7 Å². The van der Waals surface area contributed by atoms with E-state index in [4.69, 9.17) is 14.5 Å². The van der Waals surface area contributed by atoms with Crippen molar-refractivity contribution in [3.8, 4) is 11.8 Å². The summed E-state index contributed by atoms with van der Waals surface area (Å²) in [6.45, 7) is 1.99. The van der Waals surface area contributed by atoms with E-state index >= 15 is 0 Å². The predicted molar refractivity (Wildman–Crippen MR) is 142 cm³/mol. The van der Waals surface area contributed by atoms with Crippen molar-refractivity contribution in [3.63, 3.8) is 0 Å². The van der Waals surface area contributed by atoms with Gasteiger partial charge in [0, 0.05) is 46.6 Å². The summed E-state index contributed by atoms with van der Waals surface area (Å²) in [4.78, 5) is 26.2. The topological polar surface area (TPSA) is 91.3 Å². The maximum absolute atomic E-state index is 13.1. The molecule has 1 spiro atoms. The number of aromatic nitrogens is 2. The third-order valence-corrected chi connectivity index (χ3v) is 9.70. The molecular formula is C23H26BrF3IN5O4. The summed E-state index contributed by atoms with van der Waals surface area (Å²) in [5.74, 6) is 0.535. The summed E-state index contributed by atoms with van der Waals surface area (Å²) < 4.78 is 51.5. The predicted octanol–water partition coefficient (Wildman–Crippen LogP) is 4.60. The lowest BCUT2D eigenvalue weighted by molar-refractivity contribution is -0.153. The average molecular weight is 700 g/mol. The first kappa shape index (κ1) is 26.8. The van der Waals surface area contributed by atoms with E-state index in [1.165, 1.54) is 4.90 Å². The highest BCUT2D eigenvalue weighted by molar-refractivity contribution is 14.1. The zero-order chi connectivity index (χ0) is 26.5. The van der Waals surface area contributed by atoms with Crippen LogP contribution in [0.2, 0.25) is 0 Å². The highest BCUT2D eigenvalue weighted by Crippen LogP contribution is 2.45. The van der Waals surface area contributed by atoms with Gasteiger partial charge in [-0.25, -0.2) is 4.79 Å². The van der Waals surface area contributed by atoms with Gasteiger partial charge in [-0.15, -0.1) is 0 Å². The lowest BCUT2D eigenvalue weighted by Crippen LogP contribution is -2.59. The van der Waals surface area contributed by atoms with Crippen LogP contribution in [0.4, 0.5) is 23.8 Å². The third kappa shape index (κ3) is 5.51. The zero-order valence-electron chi connectivity index (χ0n) is 20.0. The molecule has 3 aliphatic heterocycles. The molecule has 5 rings (SSSR count). The quantitative estimate of drug-likeness (QED) is 0.438. The van der Waals surface area contributed by atoms with Crippen LogP contribution in [0, 0.1) is 8.99 Å². The number of likely N-dealkylation sites (tertiary alicyclic amines) is 2.